The Labute approximate surface area is 105 Å². The van der Waals surface area contributed by atoms with Crippen LogP contribution in [-0.2, 0) is 3.87 Å². The van der Waals surface area contributed by atoms with Crippen LogP contribution in [0, 0.1) is 17.8 Å². The molecule has 0 aliphatic heterocycles. The van der Waals surface area contributed by atoms with Gasteiger partial charge in [0.25, 0.3) is 0 Å². The van der Waals surface area contributed by atoms with Crippen LogP contribution < -0.4 is 0 Å². The predicted octanol–water partition coefficient (Wildman–Crippen LogP) is 4.48. The number of hydrogen-bond donors (Lipinski definition) is 0. The summed E-state index contributed by atoms with van der Waals surface area (Å²) in [5, 5.41) is 0.590. The first-order chi connectivity index (χ1) is 7.46. The minimum Gasteiger partial charge on any atom is -0.357 e. The Morgan fingerprint density at radius 1 is 1.31 bits per heavy atom. The van der Waals surface area contributed by atoms with E-state index in [1.54, 1.807) is 12.0 Å². The molecular formula is C13H24OSSi. The second-order valence-electron chi connectivity index (χ2n) is 6.23. The molecule has 2 bridgehead atoms. The molecule has 1 fully saturated rings. The van der Waals surface area contributed by atoms with Crippen LogP contribution in [-0.4, -0.2) is 13.6 Å². The van der Waals surface area contributed by atoms with Gasteiger partial charge in [-0.3, -0.25) is 0 Å². The lowest BCUT2D eigenvalue weighted by Gasteiger charge is -2.28. The Kier molecular flexibility index (Phi) is 3.87. The van der Waals surface area contributed by atoms with Crippen LogP contribution in [0.3, 0.4) is 0 Å². The van der Waals surface area contributed by atoms with E-state index in [1.165, 1.54) is 18.9 Å². The average molecular weight is 256 g/mol. The van der Waals surface area contributed by atoms with E-state index in [9.17, 15) is 0 Å². The summed E-state index contributed by atoms with van der Waals surface area (Å²) in [5.74, 6) is 2.70. The fraction of sp³-hybridized carbons (Fsp3) is 0.846. The summed E-state index contributed by atoms with van der Waals surface area (Å²) in [7, 11) is -1.44. The van der Waals surface area contributed by atoms with Gasteiger partial charge in [-0.1, -0.05) is 26.0 Å². The molecule has 2 aliphatic rings. The Morgan fingerprint density at radius 2 is 2.06 bits per heavy atom. The first-order valence-corrected chi connectivity index (χ1v) is 10.4. The second kappa shape index (κ2) is 4.87. The third-order valence-corrected chi connectivity index (χ3v) is 7.72. The highest BCUT2D eigenvalue weighted by atomic mass is 32.2. The van der Waals surface area contributed by atoms with Crippen LogP contribution in [0.15, 0.2) is 12.2 Å². The highest BCUT2D eigenvalue weighted by molar-refractivity contribution is 7.96. The van der Waals surface area contributed by atoms with Gasteiger partial charge in [-0.15, -0.1) is 0 Å². The summed E-state index contributed by atoms with van der Waals surface area (Å²) in [6.07, 6.45) is 7.73. The van der Waals surface area contributed by atoms with Gasteiger partial charge in [0.15, 0.2) is 0 Å². The zero-order valence-electron chi connectivity index (χ0n) is 10.9. The maximum Gasteiger partial charge on any atom is 0.205 e. The molecule has 0 amide bonds. The molecule has 0 saturated heterocycles. The summed E-state index contributed by atoms with van der Waals surface area (Å²) in [5.41, 5.74) is 0. The molecule has 2 rings (SSSR count). The van der Waals surface area contributed by atoms with Crippen LogP contribution in [0.4, 0.5) is 0 Å². The first-order valence-electron chi connectivity index (χ1n) is 6.49. The highest BCUT2D eigenvalue weighted by Gasteiger charge is 2.40. The van der Waals surface area contributed by atoms with Crippen molar-refractivity contribution >= 4 is 20.4 Å². The second-order valence-corrected chi connectivity index (χ2v) is 12.0. The van der Waals surface area contributed by atoms with Gasteiger partial charge >= 0.3 is 0 Å². The van der Waals surface area contributed by atoms with E-state index in [4.69, 9.17) is 3.87 Å². The fourth-order valence-electron chi connectivity index (χ4n) is 3.02. The van der Waals surface area contributed by atoms with Gasteiger partial charge in [0.2, 0.25) is 8.32 Å². The minimum absolute atomic E-state index is 0.590. The Balaban J connectivity index is 1.82. The van der Waals surface area contributed by atoms with E-state index < -0.39 is 8.32 Å². The minimum atomic E-state index is -1.44. The zero-order chi connectivity index (χ0) is 11.8. The van der Waals surface area contributed by atoms with Crippen LogP contribution in [0.1, 0.15) is 26.7 Å². The van der Waals surface area contributed by atoms with Crippen LogP contribution in [0.5, 0.6) is 0 Å². The van der Waals surface area contributed by atoms with Crippen molar-refractivity contribution in [1.82, 2.24) is 0 Å². The summed E-state index contributed by atoms with van der Waals surface area (Å²) in [6.45, 7) is 9.15. The van der Waals surface area contributed by atoms with Crippen LogP contribution in [0.2, 0.25) is 19.1 Å². The van der Waals surface area contributed by atoms with Crippen molar-refractivity contribution in [2.75, 3.05) is 0 Å². The predicted molar refractivity (Wildman–Crippen MR) is 74.9 cm³/mol. The molecule has 0 aromatic carbocycles. The third-order valence-electron chi connectivity index (χ3n) is 3.64. The summed E-state index contributed by atoms with van der Waals surface area (Å²) in [4.78, 5) is 0. The standard InChI is InChI=1S/C13H24OSSi/c1-10(2)15-14-16(3,4)9-13-8-11-5-6-12(13)7-11/h5-6,10-13H,7-9H2,1-4H3. The van der Waals surface area contributed by atoms with Crippen LogP contribution in [0.25, 0.3) is 0 Å². The average Bonchev–Trinajstić information content (AvgIpc) is 2.75. The van der Waals surface area contributed by atoms with Crippen molar-refractivity contribution in [1.29, 1.82) is 0 Å². The third kappa shape index (κ3) is 3.14. The lowest BCUT2D eigenvalue weighted by atomic mass is 9.96. The molecule has 0 spiro atoms. The number of fused-ring (bicyclic) bond motifs is 2. The molecule has 0 aromatic heterocycles. The van der Waals surface area contributed by atoms with Gasteiger partial charge in [-0.2, -0.15) is 0 Å². The molecule has 3 unspecified atom stereocenters. The smallest absolute Gasteiger partial charge is 0.205 e. The largest absolute Gasteiger partial charge is 0.357 e. The Hall–Kier alpha value is 0.267. The molecule has 16 heavy (non-hydrogen) atoms. The van der Waals surface area contributed by atoms with Crippen molar-refractivity contribution in [2.24, 2.45) is 17.8 Å². The van der Waals surface area contributed by atoms with Gasteiger partial charge in [0.05, 0.1) is 0 Å². The van der Waals surface area contributed by atoms with E-state index >= 15 is 0 Å². The molecule has 3 atom stereocenters. The van der Waals surface area contributed by atoms with Crippen molar-refractivity contribution < 1.29 is 3.87 Å². The quantitative estimate of drug-likeness (QED) is 0.407. The van der Waals surface area contributed by atoms with Crippen molar-refractivity contribution in [2.45, 2.75) is 51.1 Å². The SMILES string of the molecule is CC(C)SO[Si](C)(C)CC1CC2C=CC1C2. The van der Waals surface area contributed by atoms with Crippen molar-refractivity contribution in [3.63, 3.8) is 0 Å². The molecule has 92 valence electrons. The van der Waals surface area contributed by atoms with Gasteiger partial charge in [-0.25, -0.2) is 0 Å². The van der Waals surface area contributed by atoms with Gasteiger partial charge < -0.3 is 3.87 Å². The molecule has 0 N–H and O–H groups in total. The molecule has 0 heterocycles. The normalized spacial score (nSPS) is 32.9. The Morgan fingerprint density at radius 3 is 2.56 bits per heavy atom. The monoisotopic (exact) mass is 256 g/mol. The molecule has 1 saturated carbocycles. The first kappa shape index (κ1) is 12.7. The summed E-state index contributed by atoms with van der Waals surface area (Å²) >= 11 is 1.69. The molecule has 0 aromatic rings. The lowest BCUT2D eigenvalue weighted by Crippen LogP contribution is -2.32. The van der Waals surface area contributed by atoms with Crippen molar-refractivity contribution in [3.8, 4) is 0 Å². The maximum atomic E-state index is 6.09. The van der Waals surface area contributed by atoms with E-state index in [1.807, 2.05) is 0 Å². The van der Waals surface area contributed by atoms with Gasteiger partial charge in [0, 0.05) is 5.25 Å². The number of rotatable bonds is 5. The van der Waals surface area contributed by atoms with Gasteiger partial charge in [0.1, 0.15) is 0 Å². The lowest BCUT2D eigenvalue weighted by molar-refractivity contribution is 0.465. The van der Waals surface area contributed by atoms with E-state index in [-0.39, 0.29) is 0 Å². The topological polar surface area (TPSA) is 9.23 Å². The van der Waals surface area contributed by atoms with E-state index in [0.717, 1.165) is 17.8 Å². The molecule has 3 heteroatoms. The van der Waals surface area contributed by atoms with Crippen LogP contribution >= 0.6 is 12.0 Å². The molecule has 2 aliphatic carbocycles. The zero-order valence-corrected chi connectivity index (χ0v) is 12.7. The molecule has 1 nitrogen and oxygen atoms in total. The molecular weight excluding hydrogens is 232 g/mol. The molecule has 0 radical (unpaired) electrons. The number of allylic oxidation sites excluding steroid dienone is 2. The van der Waals surface area contributed by atoms with Gasteiger partial charge in [-0.05, 0) is 61.8 Å². The number of hydrogen-bond acceptors (Lipinski definition) is 2. The Bertz CT molecular complexity index is 275. The highest BCUT2D eigenvalue weighted by Crippen LogP contribution is 2.47. The summed E-state index contributed by atoms with van der Waals surface area (Å²) in [6, 6.07) is 1.35. The van der Waals surface area contributed by atoms with E-state index in [2.05, 4.69) is 39.1 Å². The summed E-state index contributed by atoms with van der Waals surface area (Å²) < 4.78 is 6.09. The van der Waals surface area contributed by atoms with Crippen molar-refractivity contribution in [3.05, 3.63) is 12.2 Å². The van der Waals surface area contributed by atoms with E-state index in [0.29, 0.717) is 5.25 Å². The fourth-order valence-corrected chi connectivity index (χ4v) is 6.84. The maximum absolute atomic E-state index is 6.09.